The van der Waals surface area contributed by atoms with Gasteiger partial charge in [0.05, 0.1) is 22.4 Å². The molecule has 0 saturated heterocycles. The quantitative estimate of drug-likeness (QED) is 0.270. The molecule has 1 amide bonds. The van der Waals surface area contributed by atoms with Gasteiger partial charge in [0.1, 0.15) is 5.75 Å². The number of allylic oxidation sites excluding steroid dienone is 1. The van der Waals surface area contributed by atoms with E-state index in [-0.39, 0.29) is 11.7 Å². The highest BCUT2D eigenvalue weighted by Gasteiger charge is 2.15. The van der Waals surface area contributed by atoms with Crippen LogP contribution in [0.4, 0.5) is 5.69 Å². The van der Waals surface area contributed by atoms with Crippen molar-refractivity contribution in [3.05, 3.63) is 65.2 Å². The van der Waals surface area contributed by atoms with Crippen molar-refractivity contribution in [2.45, 2.75) is 25.5 Å². The van der Waals surface area contributed by atoms with Crippen LogP contribution in [-0.4, -0.2) is 33.0 Å². The first kappa shape index (κ1) is 24.2. The summed E-state index contributed by atoms with van der Waals surface area (Å²) in [7, 11) is 0. The first-order valence-electron chi connectivity index (χ1n) is 10.0. The molecule has 3 rings (SSSR count). The Morgan fingerprint density at radius 1 is 1.19 bits per heavy atom. The molecule has 0 unspecified atom stereocenters. The fourth-order valence-corrected chi connectivity index (χ4v) is 3.81. The first-order chi connectivity index (χ1) is 15.4. The Morgan fingerprint density at radius 2 is 1.94 bits per heavy atom. The second kappa shape index (κ2) is 11.4. The Bertz CT molecular complexity index is 1080. The Labute approximate surface area is 202 Å². The lowest BCUT2D eigenvalue weighted by atomic mass is 10.2. The van der Waals surface area contributed by atoms with E-state index in [1.807, 2.05) is 28.8 Å². The van der Waals surface area contributed by atoms with Gasteiger partial charge in [0.15, 0.2) is 11.0 Å². The number of ether oxygens (including phenoxy) is 1. The number of aromatic nitrogens is 3. The van der Waals surface area contributed by atoms with Gasteiger partial charge < -0.3 is 10.1 Å². The summed E-state index contributed by atoms with van der Waals surface area (Å²) in [5.74, 6) is 1.95. The van der Waals surface area contributed by atoms with Gasteiger partial charge in [-0.2, -0.15) is 0 Å². The Kier molecular flexibility index (Phi) is 8.61. The molecule has 32 heavy (non-hydrogen) atoms. The molecule has 0 aliphatic heterocycles. The molecule has 3 aromatic rings. The maximum Gasteiger partial charge on any atom is 0.234 e. The van der Waals surface area contributed by atoms with Gasteiger partial charge >= 0.3 is 0 Å². The molecule has 1 N–H and O–H groups in total. The second-order valence-electron chi connectivity index (χ2n) is 7.40. The molecule has 0 aliphatic carbocycles. The number of hydrogen-bond donors (Lipinski definition) is 1. The number of carbonyl (C=O) groups is 1. The molecule has 0 fully saturated rings. The highest BCUT2D eigenvalue weighted by Crippen LogP contribution is 2.27. The predicted octanol–water partition coefficient (Wildman–Crippen LogP) is 6.20. The number of anilines is 1. The molecule has 0 aliphatic rings. The van der Waals surface area contributed by atoms with Gasteiger partial charge in [-0.15, -0.1) is 16.8 Å². The van der Waals surface area contributed by atoms with Gasteiger partial charge in [-0.1, -0.05) is 54.9 Å². The number of amides is 1. The van der Waals surface area contributed by atoms with E-state index in [1.165, 1.54) is 11.8 Å². The van der Waals surface area contributed by atoms with E-state index >= 15 is 0 Å². The molecule has 0 bridgehead atoms. The van der Waals surface area contributed by atoms with E-state index in [0.717, 1.165) is 11.3 Å². The van der Waals surface area contributed by atoms with Crippen LogP contribution in [0.2, 0.25) is 10.0 Å². The minimum absolute atomic E-state index is 0.164. The van der Waals surface area contributed by atoms with Crippen LogP contribution in [0.3, 0.4) is 0 Å². The summed E-state index contributed by atoms with van der Waals surface area (Å²) in [5, 5.41) is 12.9. The van der Waals surface area contributed by atoms with Crippen LogP contribution in [0.25, 0.3) is 11.4 Å². The van der Waals surface area contributed by atoms with Gasteiger partial charge in [-0.3, -0.25) is 9.36 Å². The molecule has 0 spiro atoms. The van der Waals surface area contributed by atoms with Gasteiger partial charge in [-0.25, -0.2) is 0 Å². The normalized spacial score (nSPS) is 10.9. The van der Waals surface area contributed by atoms with Crippen LogP contribution in [0.5, 0.6) is 5.75 Å². The van der Waals surface area contributed by atoms with Crippen molar-refractivity contribution in [2.24, 2.45) is 5.92 Å². The van der Waals surface area contributed by atoms with Crippen LogP contribution >= 0.6 is 35.0 Å². The van der Waals surface area contributed by atoms with Gasteiger partial charge in [0, 0.05) is 17.8 Å². The number of halogens is 2. The third kappa shape index (κ3) is 6.51. The molecule has 2 aromatic carbocycles. The summed E-state index contributed by atoms with van der Waals surface area (Å²) in [6, 6.07) is 12.7. The summed E-state index contributed by atoms with van der Waals surface area (Å²) < 4.78 is 7.67. The zero-order valence-electron chi connectivity index (χ0n) is 17.8. The largest absolute Gasteiger partial charge is 0.493 e. The number of nitrogens with one attached hydrogen (secondary N) is 1. The van der Waals surface area contributed by atoms with Crippen LogP contribution in [0.1, 0.15) is 13.8 Å². The molecule has 0 radical (unpaired) electrons. The summed E-state index contributed by atoms with van der Waals surface area (Å²) in [6.07, 6.45) is 1.77. The first-order valence-corrected chi connectivity index (χ1v) is 11.8. The molecule has 0 saturated carbocycles. The maximum atomic E-state index is 12.4. The number of carbonyl (C=O) groups excluding carboxylic acids is 1. The van der Waals surface area contributed by atoms with Crippen LogP contribution in [0.15, 0.2) is 60.3 Å². The fourth-order valence-electron chi connectivity index (χ4n) is 2.77. The summed E-state index contributed by atoms with van der Waals surface area (Å²) >= 11 is 13.2. The average molecular weight is 491 g/mol. The Morgan fingerprint density at radius 3 is 2.59 bits per heavy atom. The third-order valence-corrected chi connectivity index (χ3v) is 5.97. The van der Waals surface area contributed by atoms with Crippen molar-refractivity contribution in [1.29, 1.82) is 0 Å². The molecule has 168 valence electrons. The SMILES string of the molecule is C=CCn1c(SCC(=O)Nc2ccc(Cl)c(Cl)c2)nnc1-c1ccc(OCC(C)C)cc1. The average Bonchev–Trinajstić information content (AvgIpc) is 3.16. The fraction of sp³-hybridized carbons (Fsp3) is 0.261. The van der Waals surface area contributed by atoms with Crippen LogP contribution in [-0.2, 0) is 11.3 Å². The van der Waals surface area contributed by atoms with E-state index in [1.54, 1.807) is 24.3 Å². The topological polar surface area (TPSA) is 69.0 Å². The van der Waals surface area contributed by atoms with Gasteiger partial charge in [0.2, 0.25) is 5.91 Å². The number of rotatable bonds is 10. The highest BCUT2D eigenvalue weighted by atomic mass is 35.5. The van der Waals surface area contributed by atoms with Crippen molar-refractivity contribution >= 4 is 46.6 Å². The Hall–Kier alpha value is -2.48. The lowest BCUT2D eigenvalue weighted by Crippen LogP contribution is -2.14. The number of hydrogen-bond acceptors (Lipinski definition) is 5. The van der Waals surface area contributed by atoms with Crippen LogP contribution in [0, 0.1) is 5.92 Å². The minimum atomic E-state index is -0.185. The van der Waals surface area contributed by atoms with Gasteiger partial charge in [0.25, 0.3) is 0 Å². The summed E-state index contributed by atoms with van der Waals surface area (Å²) in [4.78, 5) is 12.4. The van der Waals surface area contributed by atoms with E-state index < -0.39 is 0 Å². The van der Waals surface area contributed by atoms with E-state index in [4.69, 9.17) is 27.9 Å². The van der Waals surface area contributed by atoms with E-state index in [2.05, 4.69) is 35.9 Å². The van der Waals surface area contributed by atoms with Crippen molar-refractivity contribution in [3.8, 4) is 17.1 Å². The lowest BCUT2D eigenvalue weighted by molar-refractivity contribution is -0.113. The van der Waals surface area contributed by atoms with Crippen molar-refractivity contribution in [3.63, 3.8) is 0 Å². The van der Waals surface area contributed by atoms with E-state index in [0.29, 0.717) is 45.8 Å². The van der Waals surface area contributed by atoms with E-state index in [9.17, 15) is 4.79 Å². The third-order valence-electron chi connectivity index (χ3n) is 4.26. The van der Waals surface area contributed by atoms with Crippen molar-refractivity contribution < 1.29 is 9.53 Å². The summed E-state index contributed by atoms with van der Waals surface area (Å²) in [6.45, 7) is 9.22. The predicted molar refractivity (Wildman–Crippen MR) is 132 cm³/mol. The summed E-state index contributed by atoms with van der Waals surface area (Å²) in [5.41, 5.74) is 1.49. The monoisotopic (exact) mass is 490 g/mol. The molecular formula is C23H24Cl2N4O2S. The molecule has 1 aromatic heterocycles. The molecule has 9 heteroatoms. The zero-order chi connectivity index (χ0) is 23.1. The second-order valence-corrected chi connectivity index (χ2v) is 9.16. The molecular weight excluding hydrogens is 467 g/mol. The van der Waals surface area contributed by atoms with Crippen molar-refractivity contribution in [2.75, 3.05) is 17.7 Å². The molecule has 1 heterocycles. The lowest BCUT2D eigenvalue weighted by Gasteiger charge is -2.10. The maximum absolute atomic E-state index is 12.4. The number of nitrogens with zero attached hydrogens (tertiary/aromatic N) is 3. The number of benzene rings is 2. The molecule has 0 atom stereocenters. The molecule has 6 nitrogen and oxygen atoms in total. The van der Waals surface area contributed by atoms with Crippen LogP contribution < -0.4 is 10.1 Å². The highest BCUT2D eigenvalue weighted by molar-refractivity contribution is 7.99. The standard InChI is InChI=1S/C23H24Cl2N4O2S/c1-4-11-29-22(16-5-8-18(9-6-16)31-13-15(2)3)27-28-23(29)32-14-21(30)26-17-7-10-19(24)20(25)12-17/h4-10,12,15H,1,11,13-14H2,2-3H3,(H,26,30). The minimum Gasteiger partial charge on any atom is -0.493 e. The van der Waals surface area contributed by atoms with Crippen molar-refractivity contribution in [1.82, 2.24) is 14.8 Å². The smallest absolute Gasteiger partial charge is 0.234 e. The van der Waals surface area contributed by atoms with Gasteiger partial charge in [-0.05, 0) is 48.4 Å². The zero-order valence-corrected chi connectivity index (χ0v) is 20.2. The number of thioether (sulfide) groups is 1. The Balaban J connectivity index is 1.68.